The minimum absolute atomic E-state index is 0.0227. The third kappa shape index (κ3) is 4.79. The van der Waals surface area contributed by atoms with Crippen molar-refractivity contribution in [3.63, 3.8) is 0 Å². The number of hydrogen-bond acceptors (Lipinski definition) is 4. The zero-order chi connectivity index (χ0) is 17.5. The molecule has 7 heteroatoms. The van der Waals surface area contributed by atoms with Crippen molar-refractivity contribution in [1.82, 2.24) is 9.80 Å². The standard InChI is InChI=1S/C17H22N2O5/c1-13(20)18(8-7-14-5-3-2-4-6-14)11-16(21)19-9-10-24-12-15(19)17(22)23/h2-6,15H,7-12H2,1H3,(H,22,23). The number of ether oxygens (including phenoxy) is 1. The second kappa shape index (κ2) is 8.44. The van der Waals surface area contributed by atoms with E-state index in [0.717, 1.165) is 5.56 Å². The van der Waals surface area contributed by atoms with Crippen LogP contribution in [0.3, 0.4) is 0 Å². The highest BCUT2D eigenvalue weighted by Crippen LogP contribution is 2.09. The molecular weight excluding hydrogens is 312 g/mol. The average molecular weight is 334 g/mol. The number of morpholine rings is 1. The maximum atomic E-state index is 12.5. The van der Waals surface area contributed by atoms with E-state index < -0.39 is 12.0 Å². The molecule has 1 atom stereocenters. The molecule has 0 aliphatic carbocycles. The number of benzene rings is 1. The molecule has 7 nitrogen and oxygen atoms in total. The first-order valence-electron chi connectivity index (χ1n) is 7.88. The summed E-state index contributed by atoms with van der Waals surface area (Å²) in [5.74, 6) is -1.67. The van der Waals surface area contributed by atoms with E-state index >= 15 is 0 Å². The van der Waals surface area contributed by atoms with Crippen molar-refractivity contribution in [3.8, 4) is 0 Å². The van der Waals surface area contributed by atoms with Gasteiger partial charge < -0.3 is 19.6 Å². The van der Waals surface area contributed by atoms with Crippen LogP contribution < -0.4 is 0 Å². The molecule has 1 aromatic rings. The summed E-state index contributed by atoms with van der Waals surface area (Å²) in [5, 5.41) is 9.20. The zero-order valence-electron chi connectivity index (χ0n) is 13.7. The van der Waals surface area contributed by atoms with Crippen molar-refractivity contribution >= 4 is 17.8 Å². The molecule has 0 saturated carbocycles. The predicted molar refractivity (Wildman–Crippen MR) is 86.4 cm³/mol. The molecule has 1 aromatic carbocycles. The fraction of sp³-hybridized carbons (Fsp3) is 0.471. The van der Waals surface area contributed by atoms with Gasteiger partial charge in [-0.25, -0.2) is 4.79 Å². The maximum absolute atomic E-state index is 12.5. The summed E-state index contributed by atoms with van der Waals surface area (Å²) in [5.41, 5.74) is 1.07. The topological polar surface area (TPSA) is 87.2 Å². The van der Waals surface area contributed by atoms with Crippen LogP contribution in [0, 0.1) is 0 Å². The van der Waals surface area contributed by atoms with Crippen molar-refractivity contribution in [2.75, 3.05) is 32.8 Å². The van der Waals surface area contributed by atoms with Gasteiger partial charge in [0.2, 0.25) is 11.8 Å². The lowest BCUT2D eigenvalue weighted by atomic mass is 10.1. The molecule has 2 amide bonds. The van der Waals surface area contributed by atoms with Crippen LogP contribution in [0.2, 0.25) is 0 Å². The van der Waals surface area contributed by atoms with E-state index in [9.17, 15) is 19.5 Å². The summed E-state index contributed by atoms with van der Waals surface area (Å²) < 4.78 is 5.13. The van der Waals surface area contributed by atoms with Crippen molar-refractivity contribution < 1.29 is 24.2 Å². The van der Waals surface area contributed by atoms with Gasteiger partial charge in [0.05, 0.1) is 19.8 Å². The van der Waals surface area contributed by atoms with Gasteiger partial charge in [0.25, 0.3) is 0 Å². The minimum atomic E-state index is -1.10. The second-order valence-corrected chi connectivity index (χ2v) is 5.69. The fourth-order valence-electron chi connectivity index (χ4n) is 2.62. The third-order valence-corrected chi connectivity index (χ3v) is 4.02. The van der Waals surface area contributed by atoms with Crippen LogP contribution in [0.4, 0.5) is 0 Å². The van der Waals surface area contributed by atoms with Gasteiger partial charge >= 0.3 is 5.97 Å². The molecule has 0 bridgehead atoms. The summed E-state index contributed by atoms with van der Waals surface area (Å²) in [6.07, 6.45) is 0.638. The van der Waals surface area contributed by atoms with Gasteiger partial charge in [-0.1, -0.05) is 30.3 Å². The number of rotatable bonds is 6. The highest BCUT2D eigenvalue weighted by atomic mass is 16.5. The van der Waals surface area contributed by atoms with Crippen LogP contribution in [0.5, 0.6) is 0 Å². The number of amides is 2. The SMILES string of the molecule is CC(=O)N(CCc1ccccc1)CC(=O)N1CCOCC1C(=O)O. The highest BCUT2D eigenvalue weighted by molar-refractivity contribution is 5.87. The van der Waals surface area contributed by atoms with Gasteiger partial charge in [0, 0.05) is 20.0 Å². The van der Waals surface area contributed by atoms with Crippen LogP contribution in [0.15, 0.2) is 30.3 Å². The Labute approximate surface area is 140 Å². The Bertz CT molecular complexity index is 590. The number of carboxylic acids is 1. The van der Waals surface area contributed by atoms with Crippen LogP contribution in [0.25, 0.3) is 0 Å². The quantitative estimate of drug-likeness (QED) is 0.813. The van der Waals surface area contributed by atoms with Gasteiger partial charge in [-0.2, -0.15) is 0 Å². The third-order valence-electron chi connectivity index (χ3n) is 4.02. The number of hydrogen-bond donors (Lipinski definition) is 1. The number of nitrogens with zero attached hydrogens (tertiary/aromatic N) is 2. The molecule has 2 rings (SSSR count). The van der Waals surface area contributed by atoms with Gasteiger partial charge in [-0.05, 0) is 12.0 Å². The molecule has 1 aliphatic heterocycles. The fourth-order valence-corrected chi connectivity index (χ4v) is 2.62. The molecule has 0 radical (unpaired) electrons. The largest absolute Gasteiger partial charge is 0.480 e. The van der Waals surface area contributed by atoms with E-state index in [1.165, 1.54) is 16.7 Å². The van der Waals surface area contributed by atoms with E-state index in [1.54, 1.807) is 0 Å². The summed E-state index contributed by atoms with van der Waals surface area (Å²) in [4.78, 5) is 38.2. The lowest BCUT2D eigenvalue weighted by Crippen LogP contribution is -2.55. The number of carboxylic acid groups (broad SMARTS) is 1. The van der Waals surface area contributed by atoms with E-state index in [0.29, 0.717) is 19.6 Å². The Kier molecular flexibility index (Phi) is 6.31. The Morgan fingerprint density at radius 3 is 2.62 bits per heavy atom. The molecule has 1 unspecified atom stereocenters. The lowest BCUT2D eigenvalue weighted by molar-refractivity contribution is -0.159. The second-order valence-electron chi connectivity index (χ2n) is 5.69. The Hall–Kier alpha value is -2.41. The van der Waals surface area contributed by atoms with Crippen molar-refractivity contribution in [3.05, 3.63) is 35.9 Å². The van der Waals surface area contributed by atoms with Crippen molar-refractivity contribution in [2.45, 2.75) is 19.4 Å². The van der Waals surface area contributed by atoms with E-state index in [4.69, 9.17) is 4.74 Å². The first kappa shape index (κ1) is 17.9. The molecule has 0 aromatic heterocycles. The van der Waals surface area contributed by atoms with Crippen LogP contribution >= 0.6 is 0 Å². The van der Waals surface area contributed by atoms with E-state index in [1.807, 2.05) is 30.3 Å². The van der Waals surface area contributed by atoms with Crippen LogP contribution in [-0.4, -0.2) is 71.6 Å². The smallest absolute Gasteiger partial charge is 0.328 e. The molecule has 0 spiro atoms. The first-order valence-corrected chi connectivity index (χ1v) is 7.88. The highest BCUT2D eigenvalue weighted by Gasteiger charge is 2.33. The molecule has 1 fully saturated rings. The molecule has 1 saturated heterocycles. The molecule has 130 valence electrons. The molecule has 1 aliphatic rings. The zero-order valence-corrected chi connectivity index (χ0v) is 13.7. The molecule has 24 heavy (non-hydrogen) atoms. The molecule has 1 heterocycles. The van der Waals surface area contributed by atoms with Crippen molar-refractivity contribution in [1.29, 1.82) is 0 Å². The average Bonchev–Trinajstić information content (AvgIpc) is 2.59. The summed E-state index contributed by atoms with van der Waals surface area (Å²) in [7, 11) is 0. The Morgan fingerprint density at radius 2 is 2.00 bits per heavy atom. The summed E-state index contributed by atoms with van der Waals surface area (Å²) in [6, 6.07) is 8.69. The molecular formula is C17H22N2O5. The summed E-state index contributed by atoms with van der Waals surface area (Å²) in [6.45, 7) is 2.20. The Balaban J connectivity index is 1.97. The van der Waals surface area contributed by atoms with Gasteiger partial charge in [-0.3, -0.25) is 9.59 Å². The number of carbonyl (C=O) groups excluding carboxylic acids is 2. The lowest BCUT2D eigenvalue weighted by Gasteiger charge is -2.34. The summed E-state index contributed by atoms with van der Waals surface area (Å²) >= 11 is 0. The van der Waals surface area contributed by atoms with Crippen LogP contribution in [-0.2, 0) is 25.5 Å². The minimum Gasteiger partial charge on any atom is -0.480 e. The van der Waals surface area contributed by atoms with Crippen molar-refractivity contribution in [2.24, 2.45) is 0 Å². The van der Waals surface area contributed by atoms with Gasteiger partial charge in [0.1, 0.15) is 0 Å². The van der Waals surface area contributed by atoms with E-state index in [2.05, 4.69) is 0 Å². The predicted octanol–water partition coefficient (Wildman–Crippen LogP) is 0.390. The first-order chi connectivity index (χ1) is 11.5. The van der Waals surface area contributed by atoms with E-state index in [-0.39, 0.29) is 31.5 Å². The normalized spacial score (nSPS) is 17.4. The molecule has 1 N–H and O–H groups in total. The van der Waals surface area contributed by atoms with Gasteiger partial charge in [-0.15, -0.1) is 0 Å². The monoisotopic (exact) mass is 334 g/mol. The maximum Gasteiger partial charge on any atom is 0.328 e. The van der Waals surface area contributed by atoms with Gasteiger partial charge in [0.15, 0.2) is 6.04 Å². The van der Waals surface area contributed by atoms with Crippen LogP contribution in [0.1, 0.15) is 12.5 Å². The Morgan fingerprint density at radius 1 is 1.29 bits per heavy atom. The number of carbonyl (C=O) groups is 3. The number of aliphatic carboxylic acids is 1.